The molecule has 2 heterocycles. The van der Waals surface area contributed by atoms with Crippen LogP contribution in [0, 0.1) is 12.8 Å². The summed E-state index contributed by atoms with van der Waals surface area (Å²) in [6.07, 6.45) is 2.54. The minimum atomic E-state index is 0. The quantitative estimate of drug-likeness (QED) is 0.901. The van der Waals surface area contributed by atoms with Crippen LogP contribution < -0.4 is 5.32 Å². The van der Waals surface area contributed by atoms with Crippen molar-refractivity contribution in [3.63, 3.8) is 0 Å². The summed E-state index contributed by atoms with van der Waals surface area (Å²) in [5.41, 5.74) is 0.734. The predicted molar refractivity (Wildman–Crippen MR) is 80.0 cm³/mol. The lowest BCUT2D eigenvalue weighted by Gasteiger charge is -2.32. The van der Waals surface area contributed by atoms with Crippen molar-refractivity contribution in [3.05, 3.63) is 17.5 Å². The fourth-order valence-corrected chi connectivity index (χ4v) is 2.50. The summed E-state index contributed by atoms with van der Waals surface area (Å²) in [6, 6.07) is 1.83. The van der Waals surface area contributed by atoms with Crippen molar-refractivity contribution in [2.45, 2.75) is 33.1 Å². The molecule has 0 atom stereocenters. The summed E-state index contributed by atoms with van der Waals surface area (Å²) in [6.45, 7) is 7.79. The van der Waals surface area contributed by atoms with Gasteiger partial charge in [-0.05, 0) is 38.8 Å². The van der Waals surface area contributed by atoms with Gasteiger partial charge in [0.05, 0.1) is 12.1 Å². The van der Waals surface area contributed by atoms with Crippen molar-refractivity contribution in [2.24, 2.45) is 5.92 Å². The summed E-state index contributed by atoms with van der Waals surface area (Å²) < 4.78 is 4.99. The van der Waals surface area contributed by atoms with Crippen molar-refractivity contribution >= 4 is 18.3 Å². The largest absolute Gasteiger partial charge is 0.361 e. The zero-order valence-electron chi connectivity index (χ0n) is 12.2. The standard InChI is InChI=1S/C14H23N3O2.ClH/c1-3-15-10-12-4-6-17(7-5-12)14(18)9-13-8-11(2)19-16-13;/h8,12,15H,3-7,9-10H2,1-2H3;1H. The van der Waals surface area contributed by atoms with Gasteiger partial charge in [0.2, 0.25) is 5.91 Å². The van der Waals surface area contributed by atoms with Crippen LogP contribution in [0.1, 0.15) is 31.2 Å². The number of carbonyl (C=O) groups is 1. The number of nitrogens with zero attached hydrogens (tertiary/aromatic N) is 2. The number of carbonyl (C=O) groups excluding carboxylic acids is 1. The van der Waals surface area contributed by atoms with E-state index in [9.17, 15) is 4.79 Å². The molecule has 1 aromatic rings. The summed E-state index contributed by atoms with van der Waals surface area (Å²) in [5, 5.41) is 7.25. The zero-order chi connectivity index (χ0) is 13.7. The Morgan fingerprint density at radius 2 is 2.20 bits per heavy atom. The fraction of sp³-hybridized carbons (Fsp3) is 0.714. The third-order valence-electron chi connectivity index (χ3n) is 3.66. The van der Waals surface area contributed by atoms with Gasteiger partial charge in [0.1, 0.15) is 5.76 Å². The molecule has 1 aliphatic heterocycles. The van der Waals surface area contributed by atoms with Crippen LogP contribution in [0.4, 0.5) is 0 Å². The number of amides is 1. The van der Waals surface area contributed by atoms with Crippen LogP contribution in [0.3, 0.4) is 0 Å². The summed E-state index contributed by atoms with van der Waals surface area (Å²) in [5.74, 6) is 1.63. The van der Waals surface area contributed by atoms with E-state index in [0.717, 1.165) is 50.5 Å². The Balaban J connectivity index is 0.00000200. The van der Waals surface area contributed by atoms with Crippen molar-refractivity contribution < 1.29 is 9.32 Å². The Morgan fingerprint density at radius 3 is 2.75 bits per heavy atom. The zero-order valence-corrected chi connectivity index (χ0v) is 13.0. The van der Waals surface area contributed by atoms with E-state index in [2.05, 4.69) is 17.4 Å². The number of likely N-dealkylation sites (tertiary alicyclic amines) is 1. The summed E-state index contributed by atoms with van der Waals surface area (Å²) in [4.78, 5) is 14.1. The first-order chi connectivity index (χ1) is 9.19. The van der Waals surface area contributed by atoms with E-state index in [1.54, 1.807) is 0 Å². The molecule has 0 aromatic carbocycles. The highest BCUT2D eigenvalue weighted by Crippen LogP contribution is 2.17. The molecule has 20 heavy (non-hydrogen) atoms. The third kappa shape index (κ3) is 4.80. The number of aromatic nitrogens is 1. The lowest BCUT2D eigenvalue weighted by Crippen LogP contribution is -2.41. The number of hydrogen-bond acceptors (Lipinski definition) is 4. The van der Waals surface area contributed by atoms with Crippen molar-refractivity contribution in [1.82, 2.24) is 15.4 Å². The van der Waals surface area contributed by atoms with Crippen LogP contribution in [-0.4, -0.2) is 42.1 Å². The molecule has 1 N–H and O–H groups in total. The molecule has 0 saturated carbocycles. The maximum Gasteiger partial charge on any atom is 0.228 e. The highest BCUT2D eigenvalue weighted by molar-refractivity contribution is 5.85. The molecule has 0 aliphatic carbocycles. The second kappa shape index (κ2) is 8.27. The molecule has 1 aliphatic rings. The van der Waals surface area contributed by atoms with Crippen LogP contribution in [0.2, 0.25) is 0 Å². The molecule has 1 amide bonds. The molecule has 0 radical (unpaired) electrons. The van der Waals surface area contributed by atoms with Gasteiger partial charge in [0.15, 0.2) is 0 Å². The first-order valence-corrected chi connectivity index (χ1v) is 7.09. The van der Waals surface area contributed by atoms with Crippen LogP contribution in [0.5, 0.6) is 0 Å². The molecule has 0 unspecified atom stereocenters. The van der Waals surface area contributed by atoms with E-state index in [-0.39, 0.29) is 18.3 Å². The first kappa shape index (κ1) is 17.0. The van der Waals surface area contributed by atoms with Crippen LogP contribution in [0.25, 0.3) is 0 Å². The maximum atomic E-state index is 12.1. The van der Waals surface area contributed by atoms with Gasteiger partial charge >= 0.3 is 0 Å². The minimum Gasteiger partial charge on any atom is -0.361 e. The van der Waals surface area contributed by atoms with Crippen LogP contribution in [0.15, 0.2) is 10.6 Å². The molecule has 1 aromatic heterocycles. The second-order valence-electron chi connectivity index (χ2n) is 5.24. The summed E-state index contributed by atoms with van der Waals surface area (Å²) >= 11 is 0. The Bertz CT molecular complexity index is 414. The van der Waals surface area contributed by atoms with E-state index in [1.807, 2.05) is 17.9 Å². The van der Waals surface area contributed by atoms with E-state index in [1.165, 1.54) is 0 Å². The smallest absolute Gasteiger partial charge is 0.228 e. The second-order valence-corrected chi connectivity index (χ2v) is 5.24. The van der Waals surface area contributed by atoms with Gasteiger partial charge in [0, 0.05) is 19.2 Å². The molecule has 0 spiro atoms. The molecule has 1 fully saturated rings. The highest BCUT2D eigenvalue weighted by Gasteiger charge is 2.23. The minimum absolute atomic E-state index is 0. The molecule has 5 nitrogen and oxygen atoms in total. The van der Waals surface area contributed by atoms with E-state index >= 15 is 0 Å². The molecule has 114 valence electrons. The number of aryl methyl sites for hydroxylation is 1. The van der Waals surface area contributed by atoms with Gasteiger partial charge in [-0.15, -0.1) is 12.4 Å². The van der Waals surface area contributed by atoms with Crippen molar-refractivity contribution in [1.29, 1.82) is 0 Å². The van der Waals surface area contributed by atoms with Gasteiger partial charge < -0.3 is 14.7 Å². The normalized spacial score (nSPS) is 16.0. The monoisotopic (exact) mass is 301 g/mol. The van der Waals surface area contributed by atoms with Crippen LogP contribution >= 0.6 is 12.4 Å². The average Bonchev–Trinajstić information content (AvgIpc) is 2.82. The van der Waals surface area contributed by atoms with Gasteiger partial charge in [-0.25, -0.2) is 0 Å². The maximum absolute atomic E-state index is 12.1. The van der Waals surface area contributed by atoms with E-state index in [0.29, 0.717) is 12.3 Å². The average molecular weight is 302 g/mol. The molecule has 0 bridgehead atoms. The number of hydrogen-bond donors (Lipinski definition) is 1. The van der Waals surface area contributed by atoms with Gasteiger partial charge in [-0.3, -0.25) is 4.79 Å². The van der Waals surface area contributed by atoms with Crippen molar-refractivity contribution in [2.75, 3.05) is 26.2 Å². The van der Waals surface area contributed by atoms with Crippen LogP contribution in [-0.2, 0) is 11.2 Å². The van der Waals surface area contributed by atoms with Gasteiger partial charge in [0.25, 0.3) is 0 Å². The fourth-order valence-electron chi connectivity index (χ4n) is 2.50. The lowest BCUT2D eigenvalue weighted by molar-refractivity contribution is -0.131. The first-order valence-electron chi connectivity index (χ1n) is 7.09. The molecule has 6 heteroatoms. The number of nitrogens with one attached hydrogen (secondary N) is 1. The Labute approximate surface area is 126 Å². The van der Waals surface area contributed by atoms with Crippen molar-refractivity contribution in [3.8, 4) is 0 Å². The number of rotatable bonds is 5. The van der Waals surface area contributed by atoms with Gasteiger partial charge in [-0.2, -0.15) is 0 Å². The highest BCUT2D eigenvalue weighted by atomic mass is 35.5. The number of halogens is 1. The van der Waals surface area contributed by atoms with E-state index in [4.69, 9.17) is 4.52 Å². The lowest BCUT2D eigenvalue weighted by atomic mass is 9.96. The Morgan fingerprint density at radius 1 is 1.50 bits per heavy atom. The summed E-state index contributed by atoms with van der Waals surface area (Å²) in [7, 11) is 0. The van der Waals surface area contributed by atoms with Gasteiger partial charge in [-0.1, -0.05) is 12.1 Å². The SMILES string of the molecule is CCNCC1CCN(C(=O)Cc2cc(C)on2)CC1.Cl. The molecule has 1 saturated heterocycles. The Hall–Kier alpha value is -1.07. The number of piperidine rings is 1. The molecular weight excluding hydrogens is 278 g/mol. The predicted octanol–water partition coefficient (Wildman–Crippen LogP) is 1.80. The topological polar surface area (TPSA) is 58.4 Å². The third-order valence-corrected chi connectivity index (χ3v) is 3.66. The molecule has 2 rings (SSSR count). The Kier molecular flexibility index (Phi) is 7.02. The molecular formula is C14H24ClN3O2. The van der Waals surface area contributed by atoms with E-state index < -0.39 is 0 Å².